The van der Waals surface area contributed by atoms with Crippen molar-refractivity contribution in [1.82, 2.24) is 0 Å². The summed E-state index contributed by atoms with van der Waals surface area (Å²) in [5.41, 5.74) is 0. The minimum absolute atomic E-state index is 0.235. The van der Waals surface area contributed by atoms with Crippen LogP contribution in [-0.2, 0) is 0 Å². The van der Waals surface area contributed by atoms with E-state index in [4.69, 9.17) is 58.0 Å². The van der Waals surface area contributed by atoms with Crippen molar-refractivity contribution in [2.45, 2.75) is 20.8 Å². The van der Waals surface area contributed by atoms with Gasteiger partial charge in [-0.1, -0.05) is 58.0 Å². The summed E-state index contributed by atoms with van der Waals surface area (Å²) in [7, 11) is -1.43. The number of rotatable bonds is 4. The van der Waals surface area contributed by atoms with E-state index in [1.54, 1.807) is 0 Å². The smallest absolute Gasteiger partial charge is 0.0810 e. The van der Waals surface area contributed by atoms with Gasteiger partial charge < -0.3 is 0 Å². The zero-order valence-corrected chi connectivity index (χ0v) is 15.1. The summed E-state index contributed by atoms with van der Waals surface area (Å²) in [4.78, 5) is 0. The maximum absolute atomic E-state index is 6.36. The number of benzene rings is 1. The molecule has 0 aliphatic carbocycles. The predicted molar refractivity (Wildman–Crippen MR) is 89.7 cm³/mol. The van der Waals surface area contributed by atoms with Crippen LogP contribution in [0.2, 0.25) is 25.1 Å². The average Bonchev–Trinajstić information content (AvgIpc) is 2.39. The molecule has 0 heterocycles. The van der Waals surface area contributed by atoms with Gasteiger partial charge in [0.1, 0.15) is 15.3 Å². The molecule has 0 N–H and O–H groups in total. The fourth-order valence-electron chi connectivity index (χ4n) is 2.15. The van der Waals surface area contributed by atoms with Gasteiger partial charge in [0, 0.05) is 7.26 Å². The summed E-state index contributed by atoms with van der Waals surface area (Å²) in [6, 6.07) is 0. The fourth-order valence-corrected chi connectivity index (χ4v) is 7.85. The van der Waals surface area contributed by atoms with Gasteiger partial charge in [-0.25, -0.2) is 0 Å². The van der Waals surface area contributed by atoms with Gasteiger partial charge in [-0.05, 0) is 20.8 Å². The van der Waals surface area contributed by atoms with E-state index >= 15 is 0 Å². The second-order valence-corrected chi connectivity index (χ2v) is 10.5. The molecule has 0 saturated heterocycles. The van der Waals surface area contributed by atoms with Gasteiger partial charge in [-0.3, -0.25) is 0 Å². The maximum Gasteiger partial charge on any atom is 0.134 e. The Labute approximate surface area is 134 Å². The van der Waals surface area contributed by atoms with Crippen LogP contribution in [0.1, 0.15) is 20.8 Å². The molecule has 1 aromatic carbocycles. The molecule has 0 saturated carbocycles. The molecular formula is C12H15Cl5P+. The molecule has 0 radical (unpaired) electrons. The zero-order chi connectivity index (χ0) is 14.1. The quantitative estimate of drug-likeness (QED) is 0.317. The van der Waals surface area contributed by atoms with Crippen LogP contribution in [-0.4, -0.2) is 18.5 Å². The Kier molecular flexibility index (Phi) is 6.39. The van der Waals surface area contributed by atoms with Crippen LogP contribution in [0, 0.1) is 0 Å². The van der Waals surface area contributed by atoms with Crippen LogP contribution < -0.4 is 5.30 Å². The van der Waals surface area contributed by atoms with Crippen molar-refractivity contribution in [3.63, 3.8) is 0 Å². The molecule has 0 atom stereocenters. The Morgan fingerprint density at radius 2 is 0.889 bits per heavy atom. The van der Waals surface area contributed by atoms with Crippen LogP contribution in [0.3, 0.4) is 0 Å². The van der Waals surface area contributed by atoms with E-state index in [-0.39, 0.29) is 5.02 Å². The molecule has 1 aromatic rings. The molecule has 0 fully saturated rings. The molecule has 0 spiro atoms. The summed E-state index contributed by atoms with van der Waals surface area (Å²) in [6.07, 6.45) is 3.06. The second-order valence-electron chi connectivity index (χ2n) is 4.01. The maximum atomic E-state index is 6.36. The third-order valence-corrected chi connectivity index (χ3v) is 11.0. The first-order chi connectivity index (χ1) is 8.36. The molecule has 0 aromatic heterocycles. The SMILES string of the molecule is CC[P+](CC)(CC)c1c(Cl)c(Cl)c(Cl)c(Cl)c1Cl. The van der Waals surface area contributed by atoms with Crippen LogP contribution in [0.4, 0.5) is 0 Å². The molecule has 0 amide bonds. The molecule has 18 heavy (non-hydrogen) atoms. The monoisotopic (exact) mass is 365 g/mol. The average molecular weight is 367 g/mol. The van der Waals surface area contributed by atoms with Gasteiger partial charge in [0.25, 0.3) is 0 Å². The highest BCUT2D eigenvalue weighted by Gasteiger charge is 2.41. The summed E-state index contributed by atoms with van der Waals surface area (Å²) < 4.78 is 0. The normalized spacial score (nSPS) is 12.0. The number of hydrogen-bond acceptors (Lipinski definition) is 0. The number of hydrogen-bond donors (Lipinski definition) is 0. The summed E-state index contributed by atoms with van der Waals surface area (Å²) in [5, 5.41) is 2.71. The van der Waals surface area contributed by atoms with Crippen molar-refractivity contribution in [3.05, 3.63) is 25.1 Å². The summed E-state index contributed by atoms with van der Waals surface area (Å²) in [6.45, 7) is 6.47. The third kappa shape index (κ3) is 2.76. The molecule has 0 aliphatic heterocycles. The van der Waals surface area contributed by atoms with Gasteiger partial charge >= 0.3 is 0 Å². The van der Waals surface area contributed by atoms with Gasteiger partial charge in [-0.15, -0.1) is 0 Å². The first kappa shape index (κ1) is 17.2. The van der Waals surface area contributed by atoms with Crippen molar-refractivity contribution in [3.8, 4) is 0 Å². The van der Waals surface area contributed by atoms with E-state index in [1.807, 2.05) is 0 Å². The topological polar surface area (TPSA) is 0 Å². The molecule has 102 valence electrons. The highest BCUT2D eigenvalue weighted by atomic mass is 35.5. The van der Waals surface area contributed by atoms with E-state index in [1.165, 1.54) is 0 Å². The standard InChI is InChI=1S/C12H15Cl5P/c1-4-18(5-2,6-3)12-10(16)8(14)7(13)9(15)11(12)17/h4-6H2,1-3H3/q+1. The molecule has 0 aliphatic rings. The van der Waals surface area contributed by atoms with Crippen LogP contribution in [0.25, 0.3) is 0 Å². The lowest BCUT2D eigenvalue weighted by atomic mass is 10.3. The van der Waals surface area contributed by atoms with E-state index in [0.717, 1.165) is 23.8 Å². The minimum atomic E-state index is -1.43. The van der Waals surface area contributed by atoms with Crippen molar-refractivity contribution in [1.29, 1.82) is 0 Å². The van der Waals surface area contributed by atoms with Gasteiger partial charge in [0.2, 0.25) is 0 Å². The van der Waals surface area contributed by atoms with E-state index < -0.39 is 7.26 Å². The Bertz CT molecular complexity index is 417. The van der Waals surface area contributed by atoms with Gasteiger partial charge in [0.05, 0.1) is 33.6 Å². The largest absolute Gasteiger partial charge is 0.134 e. The minimum Gasteiger partial charge on any atom is -0.0810 e. The Hall–Kier alpha value is 1.10. The van der Waals surface area contributed by atoms with Crippen molar-refractivity contribution < 1.29 is 0 Å². The molecular weight excluding hydrogens is 352 g/mol. The van der Waals surface area contributed by atoms with Crippen molar-refractivity contribution in [2.75, 3.05) is 18.5 Å². The Morgan fingerprint density at radius 1 is 0.611 bits per heavy atom. The van der Waals surface area contributed by atoms with Crippen LogP contribution in [0.15, 0.2) is 0 Å². The molecule has 0 unspecified atom stereocenters. The predicted octanol–water partition coefficient (Wildman–Crippen LogP) is 6.66. The zero-order valence-electron chi connectivity index (χ0n) is 10.5. The summed E-state index contributed by atoms with van der Waals surface area (Å²) >= 11 is 31.0. The lowest BCUT2D eigenvalue weighted by Gasteiger charge is -2.26. The van der Waals surface area contributed by atoms with Crippen molar-refractivity contribution in [2.24, 2.45) is 0 Å². The molecule has 0 bridgehead atoms. The summed E-state index contributed by atoms with van der Waals surface area (Å²) in [5.74, 6) is 0. The van der Waals surface area contributed by atoms with E-state index in [0.29, 0.717) is 20.1 Å². The number of halogens is 5. The van der Waals surface area contributed by atoms with Crippen LogP contribution >= 0.6 is 65.3 Å². The highest BCUT2D eigenvalue weighted by Crippen LogP contribution is 2.61. The third-order valence-electron chi connectivity index (χ3n) is 3.48. The second kappa shape index (κ2) is 6.70. The lowest BCUT2D eigenvalue weighted by molar-refractivity contribution is 1.32. The van der Waals surface area contributed by atoms with Gasteiger partial charge in [-0.2, -0.15) is 0 Å². The first-order valence-electron chi connectivity index (χ1n) is 5.74. The van der Waals surface area contributed by atoms with Gasteiger partial charge in [0.15, 0.2) is 0 Å². The Balaban J connectivity index is 3.69. The lowest BCUT2D eigenvalue weighted by Crippen LogP contribution is -2.21. The highest BCUT2D eigenvalue weighted by molar-refractivity contribution is 7.83. The first-order valence-corrected chi connectivity index (χ1v) is 9.97. The van der Waals surface area contributed by atoms with E-state index in [2.05, 4.69) is 20.8 Å². The molecule has 6 heteroatoms. The van der Waals surface area contributed by atoms with Crippen LogP contribution in [0.5, 0.6) is 0 Å². The molecule has 0 nitrogen and oxygen atoms in total. The fraction of sp³-hybridized carbons (Fsp3) is 0.500. The Morgan fingerprint density at radius 3 is 1.17 bits per heavy atom. The van der Waals surface area contributed by atoms with Crippen molar-refractivity contribution >= 4 is 70.6 Å². The molecule has 1 rings (SSSR count). The van der Waals surface area contributed by atoms with E-state index in [9.17, 15) is 0 Å².